The normalized spacial score (nSPS) is 8.78. The van der Waals surface area contributed by atoms with E-state index in [4.69, 9.17) is 11.6 Å². The first kappa shape index (κ1) is 9.23. The minimum Gasteiger partial charge on any atom is -1.00 e. The van der Waals surface area contributed by atoms with Crippen molar-refractivity contribution in [3.05, 3.63) is 17.4 Å². The van der Waals surface area contributed by atoms with E-state index in [0.717, 1.165) is 5.02 Å². The lowest BCUT2D eigenvalue weighted by atomic mass is 10.7. The van der Waals surface area contributed by atoms with Gasteiger partial charge in [0.1, 0.15) is 5.02 Å². The molecule has 0 saturated heterocycles. The largest absolute Gasteiger partial charge is 1.00 e. The molecule has 0 amide bonds. The predicted octanol–water partition coefficient (Wildman–Crippen LogP) is -2.49. The number of hydrogen-bond acceptors (Lipinski definition) is 0. The summed E-state index contributed by atoms with van der Waals surface area (Å²) in [6.07, 6.45) is 3.70. The lowest BCUT2D eigenvalue weighted by molar-refractivity contribution is -0.751. The van der Waals surface area contributed by atoms with E-state index in [-0.39, 0.29) is 24.0 Å². The second-order valence-electron chi connectivity index (χ2n) is 1.79. The highest BCUT2D eigenvalue weighted by molar-refractivity contribution is 6.30. The highest BCUT2D eigenvalue weighted by atomic mass is 127. The second-order valence-corrected chi connectivity index (χ2v) is 2.23. The number of hydrogen-bond donors (Lipinski definition) is 0. The molecule has 4 heteroatoms. The third kappa shape index (κ3) is 2.14. The summed E-state index contributed by atoms with van der Waals surface area (Å²) in [5.41, 5.74) is 0. The van der Waals surface area contributed by atoms with Gasteiger partial charge in [-0.3, -0.25) is 0 Å². The topological polar surface area (TPSA) is 8.81 Å². The van der Waals surface area contributed by atoms with E-state index in [0.29, 0.717) is 0 Å². The molecule has 0 saturated carbocycles. The Morgan fingerprint density at radius 1 is 1.67 bits per heavy atom. The average Bonchev–Trinajstić information content (AvgIpc) is 1.85. The molecule has 0 aliphatic rings. The van der Waals surface area contributed by atoms with E-state index in [1.165, 1.54) is 0 Å². The van der Waals surface area contributed by atoms with Crippen molar-refractivity contribution in [2.75, 3.05) is 0 Å². The summed E-state index contributed by atoms with van der Waals surface area (Å²) in [6.45, 7) is 0. The van der Waals surface area contributed by atoms with Crippen LogP contribution in [0.5, 0.6) is 0 Å². The zero-order valence-corrected chi connectivity index (χ0v) is 8.22. The van der Waals surface area contributed by atoms with Crippen molar-refractivity contribution in [3.63, 3.8) is 0 Å². The van der Waals surface area contributed by atoms with Crippen LogP contribution in [0.25, 0.3) is 0 Å². The third-order valence-corrected chi connectivity index (χ3v) is 1.31. The van der Waals surface area contributed by atoms with Crippen LogP contribution in [0, 0.1) is 0 Å². The van der Waals surface area contributed by atoms with Crippen LogP contribution in [-0.2, 0) is 14.1 Å². The smallest absolute Gasteiger partial charge is 0.213 e. The van der Waals surface area contributed by atoms with Crippen molar-refractivity contribution < 1.29 is 28.7 Å². The fraction of sp³-hybridized carbons (Fsp3) is 0.400. The van der Waals surface area contributed by atoms with Crippen molar-refractivity contribution in [1.29, 1.82) is 0 Å². The fourth-order valence-electron chi connectivity index (χ4n) is 0.572. The molecule has 52 valence electrons. The third-order valence-electron chi connectivity index (χ3n) is 1.12. The molecular weight excluding hydrogens is 250 g/mol. The SMILES string of the molecule is Cn1cc(Cl)c[n+]1C.[I-]. The lowest BCUT2D eigenvalue weighted by Crippen LogP contribution is -3.00. The summed E-state index contributed by atoms with van der Waals surface area (Å²) in [6, 6.07) is 0. The summed E-state index contributed by atoms with van der Waals surface area (Å²) in [5.74, 6) is 0. The van der Waals surface area contributed by atoms with Crippen LogP contribution in [0.4, 0.5) is 0 Å². The van der Waals surface area contributed by atoms with Gasteiger partial charge < -0.3 is 24.0 Å². The quantitative estimate of drug-likeness (QED) is 0.360. The minimum absolute atomic E-state index is 0. The summed E-state index contributed by atoms with van der Waals surface area (Å²) >= 11 is 5.62. The first-order valence-electron chi connectivity index (χ1n) is 2.38. The Bertz CT molecular complexity index is 177. The minimum atomic E-state index is 0. The van der Waals surface area contributed by atoms with Gasteiger partial charge in [-0.1, -0.05) is 11.6 Å². The molecule has 0 unspecified atom stereocenters. The van der Waals surface area contributed by atoms with E-state index in [2.05, 4.69) is 0 Å². The van der Waals surface area contributed by atoms with E-state index < -0.39 is 0 Å². The van der Waals surface area contributed by atoms with Crippen LogP contribution >= 0.6 is 11.6 Å². The zero-order chi connectivity index (χ0) is 6.15. The molecular formula is C5H8ClIN2. The molecule has 0 spiro atoms. The monoisotopic (exact) mass is 258 g/mol. The van der Waals surface area contributed by atoms with E-state index in [1.54, 1.807) is 0 Å². The molecule has 0 fully saturated rings. The Balaban J connectivity index is 0.000000640. The first-order valence-corrected chi connectivity index (χ1v) is 2.76. The van der Waals surface area contributed by atoms with Crippen LogP contribution in [0.3, 0.4) is 0 Å². The van der Waals surface area contributed by atoms with Gasteiger partial charge in [0.2, 0.25) is 6.20 Å². The van der Waals surface area contributed by atoms with Gasteiger partial charge in [-0.2, -0.15) is 4.68 Å². The number of aryl methyl sites for hydroxylation is 2. The average molecular weight is 258 g/mol. The van der Waals surface area contributed by atoms with Crippen LogP contribution < -0.4 is 28.7 Å². The maximum Gasteiger partial charge on any atom is 0.213 e. The van der Waals surface area contributed by atoms with Crippen molar-refractivity contribution in [3.8, 4) is 0 Å². The number of halogens is 2. The molecule has 1 rings (SSSR count). The molecule has 0 aromatic carbocycles. The van der Waals surface area contributed by atoms with Crippen LogP contribution in [0.2, 0.25) is 5.02 Å². The Labute approximate surface area is 76.4 Å². The van der Waals surface area contributed by atoms with Gasteiger partial charge in [-0.25, -0.2) is 0 Å². The molecule has 0 radical (unpaired) electrons. The van der Waals surface area contributed by atoms with Gasteiger partial charge in [0.25, 0.3) is 0 Å². The first-order chi connectivity index (χ1) is 3.70. The summed E-state index contributed by atoms with van der Waals surface area (Å²) in [4.78, 5) is 0. The Kier molecular flexibility index (Phi) is 3.50. The standard InChI is InChI=1S/C5H8ClN2.HI/c1-7-3-5(6)4-8(7)2;/h3-4H,1-2H3;1H/q+1;/p-1. The highest BCUT2D eigenvalue weighted by Crippen LogP contribution is 2.00. The molecule has 0 N–H and O–H groups in total. The number of rotatable bonds is 0. The zero-order valence-electron chi connectivity index (χ0n) is 5.31. The van der Waals surface area contributed by atoms with Gasteiger partial charge in [-0.05, 0) is 0 Å². The molecule has 0 aliphatic carbocycles. The molecule has 0 atom stereocenters. The fourth-order valence-corrected chi connectivity index (χ4v) is 0.855. The van der Waals surface area contributed by atoms with Crippen molar-refractivity contribution in [1.82, 2.24) is 4.68 Å². The summed E-state index contributed by atoms with van der Waals surface area (Å²) < 4.78 is 3.81. The predicted molar refractivity (Wildman–Crippen MR) is 31.6 cm³/mol. The molecule has 1 aromatic heterocycles. The highest BCUT2D eigenvalue weighted by Gasteiger charge is 1.99. The van der Waals surface area contributed by atoms with Crippen LogP contribution in [0.15, 0.2) is 12.4 Å². The Morgan fingerprint density at radius 2 is 2.22 bits per heavy atom. The molecule has 1 aromatic rings. The number of aromatic nitrogens is 2. The molecule has 2 nitrogen and oxygen atoms in total. The summed E-state index contributed by atoms with van der Waals surface area (Å²) in [7, 11) is 3.87. The van der Waals surface area contributed by atoms with Gasteiger partial charge in [-0.15, -0.1) is 4.68 Å². The Morgan fingerprint density at radius 3 is 2.33 bits per heavy atom. The lowest BCUT2D eigenvalue weighted by Gasteiger charge is -1.82. The van der Waals surface area contributed by atoms with Crippen molar-refractivity contribution >= 4 is 11.6 Å². The van der Waals surface area contributed by atoms with E-state index in [1.807, 2.05) is 35.9 Å². The second kappa shape index (κ2) is 3.41. The van der Waals surface area contributed by atoms with E-state index in [9.17, 15) is 0 Å². The van der Waals surface area contributed by atoms with Gasteiger partial charge in [0.05, 0.1) is 13.2 Å². The Hall–Kier alpha value is 0.230. The molecule has 0 aliphatic heterocycles. The van der Waals surface area contributed by atoms with E-state index >= 15 is 0 Å². The van der Waals surface area contributed by atoms with Crippen molar-refractivity contribution in [2.24, 2.45) is 14.1 Å². The molecule has 9 heavy (non-hydrogen) atoms. The van der Waals surface area contributed by atoms with Crippen molar-refractivity contribution in [2.45, 2.75) is 0 Å². The molecule has 0 bridgehead atoms. The maximum absolute atomic E-state index is 5.62. The van der Waals surface area contributed by atoms with Crippen LogP contribution in [-0.4, -0.2) is 4.68 Å². The van der Waals surface area contributed by atoms with Crippen LogP contribution in [0.1, 0.15) is 0 Å². The van der Waals surface area contributed by atoms with Gasteiger partial charge in [0.15, 0.2) is 7.05 Å². The molecule has 1 heterocycles. The van der Waals surface area contributed by atoms with Gasteiger partial charge >= 0.3 is 0 Å². The van der Waals surface area contributed by atoms with Gasteiger partial charge in [0, 0.05) is 0 Å². The summed E-state index contributed by atoms with van der Waals surface area (Å²) in [5, 5.41) is 0.773. The number of nitrogens with zero attached hydrogens (tertiary/aromatic N) is 2. The maximum atomic E-state index is 5.62.